The summed E-state index contributed by atoms with van der Waals surface area (Å²) < 4.78 is 5.73. The van der Waals surface area contributed by atoms with Gasteiger partial charge in [-0.15, -0.1) is 0 Å². The minimum Gasteiger partial charge on any atom is -0.479 e. The molecule has 0 saturated heterocycles. The second-order valence-electron chi connectivity index (χ2n) is 6.56. The van der Waals surface area contributed by atoms with Crippen LogP contribution in [0, 0.1) is 0 Å². The molecule has 28 heavy (non-hydrogen) atoms. The fourth-order valence-electron chi connectivity index (χ4n) is 2.65. The minimum atomic E-state index is -0.717. The van der Waals surface area contributed by atoms with Gasteiger partial charge in [0.2, 0.25) is 0 Å². The van der Waals surface area contributed by atoms with Crippen LogP contribution in [0.25, 0.3) is 0 Å². The Morgan fingerprint density at radius 2 is 1.71 bits per heavy atom. The average molecular weight is 423 g/mol. The summed E-state index contributed by atoms with van der Waals surface area (Å²) in [5, 5.41) is 0.659. The van der Waals surface area contributed by atoms with E-state index in [2.05, 4.69) is 0 Å². The van der Waals surface area contributed by atoms with E-state index < -0.39 is 6.10 Å². The Morgan fingerprint density at radius 3 is 2.29 bits per heavy atom. The highest BCUT2D eigenvalue weighted by atomic mass is 35.5. The van der Waals surface area contributed by atoms with Gasteiger partial charge in [-0.25, -0.2) is 0 Å². The Labute approximate surface area is 175 Å². The van der Waals surface area contributed by atoms with E-state index in [4.69, 9.17) is 27.9 Å². The molecule has 7 heteroatoms. The molecule has 0 saturated carbocycles. The number of nitrogens with zero attached hydrogens (tertiary/aromatic N) is 2. The number of rotatable bonds is 7. The van der Waals surface area contributed by atoms with Crippen molar-refractivity contribution in [1.29, 1.82) is 0 Å². The lowest BCUT2D eigenvalue weighted by Crippen LogP contribution is -2.40. The largest absolute Gasteiger partial charge is 0.479 e. The molecule has 0 spiro atoms. The summed E-state index contributed by atoms with van der Waals surface area (Å²) in [6.07, 6.45) is -0.717. The predicted octanol–water partition coefficient (Wildman–Crippen LogP) is 4.51. The first-order valence-electron chi connectivity index (χ1n) is 8.94. The van der Waals surface area contributed by atoms with Gasteiger partial charge in [0.05, 0.1) is 5.02 Å². The zero-order chi connectivity index (χ0) is 20.8. The quantitative estimate of drug-likeness (QED) is 0.659. The fraction of sp³-hybridized carbons (Fsp3) is 0.333. The van der Waals surface area contributed by atoms with Gasteiger partial charge >= 0.3 is 0 Å². The number of hydrogen-bond donors (Lipinski definition) is 0. The smallest absolute Gasteiger partial charge is 0.263 e. The number of amides is 2. The van der Waals surface area contributed by atoms with Gasteiger partial charge in [-0.2, -0.15) is 0 Å². The summed E-state index contributed by atoms with van der Waals surface area (Å²) in [5.74, 6) is 0.153. The Balaban J connectivity index is 2.06. The van der Waals surface area contributed by atoms with Crippen LogP contribution in [-0.2, 0) is 11.3 Å². The molecule has 0 fully saturated rings. The molecular formula is C21H24Cl2N2O3. The molecule has 0 bridgehead atoms. The van der Waals surface area contributed by atoms with Crippen molar-refractivity contribution in [3.05, 3.63) is 63.6 Å². The van der Waals surface area contributed by atoms with Crippen LogP contribution in [0.3, 0.4) is 0 Å². The van der Waals surface area contributed by atoms with Crippen LogP contribution in [0.15, 0.2) is 42.5 Å². The van der Waals surface area contributed by atoms with Gasteiger partial charge in [-0.3, -0.25) is 9.59 Å². The number of carbonyl (C=O) groups excluding carboxylic acids is 2. The molecule has 0 heterocycles. The second-order valence-corrected chi connectivity index (χ2v) is 7.35. The molecule has 0 radical (unpaired) electrons. The van der Waals surface area contributed by atoms with E-state index in [-0.39, 0.29) is 16.8 Å². The van der Waals surface area contributed by atoms with E-state index in [9.17, 15) is 9.59 Å². The first-order chi connectivity index (χ1) is 13.2. The molecule has 150 valence electrons. The first-order valence-corrected chi connectivity index (χ1v) is 9.70. The number of ether oxygens (including phenoxy) is 1. The molecule has 0 N–H and O–H groups in total. The van der Waals surface area contributed by atoms with E-state index in [0.717, 1.165) is 5.56 Å². The molecule has 2 aromatic carbocycles. The normalized spacial score (nSPS) is 11.6. The molecule has 1 atom stereocenters. The monoisotopic (exact) mass is 422 g/mol. The number of likely N-dealkylation sites (N-methyl/N-ethyl adjacent to an activating group) is 1. The molecule has 0 aliphatic heterocycles. The summed E-state index contributed by atoms with van der Waals surface area (Å²) in [6, 6.07) is 12.3. The lowest BCUT2D eigenvalue weighted by atomic mass is 10.1. The van der Waals surface area contributed by atoms with Crippen molar-refractivity contribution >= 4 is 35.0 Å². The SMILES string of the molecule is CCN(Cc1ccc(C(=O)N(C)C)cc1)C(=O)C(C)Oc1cccc(Cl)c1Cl. The molecule has 0 aliphatic carbocycles. The van der Waals surface area contributed by atoms with Crippen LogP contribution in [0.5, 0.6) is 5.75 Å². The van der Waals surface area contributed by atoms with Gasteiger partial charge in [-0.1, -0.05) is 41.4 Å². The van der Waals surface area contributed by atoms with Crippen LogP contribution < -0.4 is 4.74 Å². The molecule has 5 nitrogen and oxygen atoms in total. The molecular weight excluding hydrogens is 399 g/mol. The lowest BCUT2D eigenvalue weighted by molar-refractivity contribution is -0.138. The van der Waals surface area contributed by atoms with Crippen LogP contribution in [0.4, 0.5) is 0 Å². The van der Waals surface area contributed by atoms with Crippen molar-refractivity contribution in [3.8, 4) is 5.75 Å². The van der Waals surface area contributed by atoms with Gasteiger partial charge in [0, 0.05) is 32.7 Å². The molecule has 2 amide bonds. The molecule has 2 aromatic rings. The van der Waals surface area contributed by atoms with Gasteiger partial charge in [0.1, 0.15) is 10.8 Å². The highest BCUT2D eigenvalue weighted by Crippen LogP contribution is 2.32. The summed E-state index contributed by atoms with van der Waals surface area (Å²) >= 11 is 12.1. The van der Waals surface area contributed by atoms with Crippen LogP contribution in [0.1, 0.15) is 29.8 Å². The van der Waals surface area contributed by atoms with E-state index in [1.807, 2.05) is 19.1 Å². The number of halogens is 2. The van der Waals surface area contributed by atoms with E-state index in [0.29, 0.717) is 29.4 Å². The van der Waals surface area contributed by atoms with Gasteiger partial charge in [0.15, 0.2) is 6.10 Å². The van der Waals surface area contributed by atoms with Crippen molar-refractivity contribution in [1.82, 2.24) is 9.80 Å². The highest BCUT2D eigenvalue weighted by Gasteiger charge is 2.22. The predicted molar refractivity (Wildman–Crippen MR) is 112 cm³/mol. The maximum absolute atomic E-state index is 12.8. The van der Waals surface area contributed by atoms with Gasteiger partial charge in [0.25, 0.3) is 11.8 Å². The molecule has 0 aliphatic rings. The van der Waals surface area contributed by atoms with E-state index in [1.54, 1.807) is 56.3 Å². The molecule has 2 rings (SSSR count). The van der Waals surface area contributed by atoms with E-state index >= 15 is 0 Å². The zero-order valence-electron chi connectivity index (χ0n) is 16.4. The number of hydrogen-bond acceptors (Lipinski definition) is 3. The number of carbonyl (C=O) groups is 2. The Morgan fingerprint density at radius 1 is 1.07 bits per heavy atom. The third kappa shape index (κ3) is 5.40. The standard InChI is InChI=1S/C21H24Cl2N2O3/c1-5-25(13-15-9-11-16(12-10-15)21(27)24(3)4)20(26)14(2)28-18-8-6-7-17(22)19(18)23/h6-12,14H,5,13H2,1-4H3. The second kappa shape index (κ2) is 9.80. The summed E-state index contributed by atoms with van der Waals surface area (Å²) in [7, 11) is 3.42. The maximum Gasteiger partial charge on any atom is 0.263 e. The first kappa shape index (κ1) is 22.1. The van der Waals surface area contributed by atoms with Crippen molar-refractivity contribution in [3.63, 3.8) is 0 Å². The van der Waals surface area contributed by atoms with E-state index in [1.165, 1.54) is 4.90 Å². The van der Waals surface area contributed by atoms with Gasteiger partial charge in [-0.05, 0) is 43.7 Å². The average Bonchev–Trinajstić information content (AvgIpc) is 2.68. The zero-order valence-corrected chi connectivity index (χ0v) is 17.9. The Kier molecular flexibility index (Phi) is 7.72. The maximum atomic E-state index is 12.8. The van der Waals surface area contributed by atoms with Crippen LogP contribution in [-0.4, -0.2) is 48.4 Å². The third-order valence-corrected chi connectivity index (χ3v) is 5.04. The van der Waals surface area contributed by atoms with Crippen molar-refractivity contribution in [2.45, 2.75) is 26.5 Å². The highest BCUT2D eigenvalue weighted by molar-refractivity contribution is 6.42. The minimum absolute atomic E-state index is 0.0598. The fourth-order valence-corrected chi connectivity index (χ4v) is 2.99. The van der Waals surface area contributed by atoms with Gasteiger partial charge < -0.3 is 14.5 Å². The van der Waals surface area contributed by atoms with Crippen molar-refractivity contribution < 1.29 is 14.3 Å². The van der Waals surface area contributed by atoms with Crippen LogP contribution >= 0.6 is 23.2 Å². The number of benzene rings is 2. The molecule has 0 aromatic heterocycles. The summed E-state index contributed by atoms with van der Waals surface area (Å²) in [6.45, 7) is 4.53. The topological polar surface area (TPSA) is 49.9 Å². The Hall–Kier alpha value is -2.24. The third-order valence-electron chi connectivity index (χ3n) is 4.24. The van der Waals surface area contributed by atoms with Crippen molar-refractivity contribution in [2.24, 2.45) is 0 Å². The summed E-state index contributed by atoms with van der Waals surface area (Å²) in [4.78, 5) is 28.0. The van der Waals surface area contributed by atoms with Crippen molar-refractivity contribution in [2.75, 3.05) is 20.6 Å². The van der Waals surface area contributed by atoms with Crippen LogP contribution in [0.2, 0.25) is 10.0 Å². The lowest BCUT2D eigenvalue weighted by Gasteiger charge is -2.25. The Bertz CT molecular complexity index is 838. The molecule has 1 unspecified atom stereocenters. The summed E-state index contributed by atoms with van der Waals surface area (Å²) in [5.41, 5.74) is 1.54.